The number of aliphatic hydroxyl groups is 1. The van der Waals surface area contributed by atoms with Gasteiger partial charge in [-0.1, -0.05) is 56.7 Å². The number of nitrogens with one attached hydrogen (secondary N) is 1. The summed E-state index contributed by atoms with van der Waals surface area (Å²) in [6.45, 7) is 6.46. The van der Waals surface area contributed by atoms with Crippen LogP contribution in [0.2, 0.25) is 0 Å². The molecule has 0 spiro atoms. The summed E-state index contributed by atoms with van der Waals surface area (Å²) in [5.41, 5.74) is 0.379. The number of benzene rings is 2. The first-order valence-corrected chi connectivity index (χ1v) is 10.1. The molecule has 0 radical (unpaired) electrons. The van der Waals surface area contributed by atoms with Gasteiger partial charge in [0.2, 0.25) is 0 Å². The zero-order chi connectivity index (χ0) is 19.9. The van der Waals surface area contributed by atoms with Gasteiger partial charge in [0, 0.05) is 29.8 Å². The molecule has 2 aliphatic rings. The van der Waals surface area contributed by atoms with Crippen molar-refractivity contribution in [3.8, 4) is 0 Å². The molecule has 0 aliphatic carbocycles. The molecule has 2 N–H and O–H groups in total. The fraction of sp³-hybridized carbons (Fsp3) is 0.391. The molecule has 146 valence electrons. The summed E-state index contributed by atoms with van der Waals surface area (Å²) in [5.74, 6) is 0.602. The van der Waals surface area contributed by atoms with Crippen LogP contribution in [0.15, 0.2) is 53.5 Å². The van der Waals surface area contributed by atoms with Gasteiger partial charge in [-0.15, -0.1) is 0 Å². The van der Waals surface area contributed by atoms with Crippen molar-refractivity contribution in [3.05, 3.63) is 59.7 Å². The van der Waals surface area contributed by atoms with Crippen LogP contribution in [0, 0.1) is 0 Å². The normalized spacial score (nSPS) is 24.9. The predicted octanol–water partition coefficient (Wildman–Crippen LogP) is 3.98. The van der Waals surface area contributed by atoms with E-state index in [9.17, 15) is 9.90 Å². The Labute approximate surface area is 166 Å². The van der Waals surface area contributed by atoms with Crippen molar-refractivity contribution in [2.45, 2.75) is 51.2 Å². The number of anilines is 1. The van der Waals surface area contributed by atoms with Gasteiger partial charge in [0.05, 0.1) is 5.69 Å². The molecular weight excluding hydrogens is 350 g/mol. The van der Waals surface area contributed by atoms with Crippen molar-refractivity contribution in [2.75, 3.05) is 11.4 Å². The SMILES string of the molecule is CCCCNC(=O)C12c3ccccc3N=C(CC)N1c1ccccc1C2(C)O. The third kappa shape index (κ3) is 2.29. The quantitative estimate of drug-likeness (QED) is 0.775. The zero-order valence-electron chi connectivity index (χ0n) is 16.7. The van der Waals surface area contributed by atoms with E-state index in [0.717, 1.165) is 41.2 Å². The van der Waals surface area contributed by atoms with Crippen molar-refractivity contribution >= 4 is 23.1 Å². The molecule has 0 aromatic heterocycles. The summed E-state index contributed by atoms with van der Waals surface area (Å²) in [4.78, 5) is 20.6. The topological polar surface area (TPSA) is 64.9 Å². The summed E-state index contributed by atoms with van der Waals surface area (Å²) >= 11 is 0. The van der Waals surface area contributed by atoms with E-state index >= 15 is 0 Å². The van der Waals surface area contributed by atoms with Gasteiger partial charge in [0.15, 0.2) is 5.54 Å². The Morgan fingerprint density at radius 2 is 1.79 bits per heavy atom. The fourth-order valence-electron chi connectivity index (χ4n) is 4.64. The third-order valence-electron chi connectivity index (χ3n) is 5.97. The average molecular weight is 377 g/mol. The first-order chi connectivity index (χ1) is 13.5. The minimum atomic E-state index is -1.41. The molecule has 0 bridgehead atoms. The molecule has 28 heavy (non-hydrogen) atoms. The predicted molar refractivity (Wildman–Crippen MR) is 112 cm³/mol. The third-order valence-corrected chi connectivity index (χ3v) is 5.97. The summed E-state index contributed by atoms with van der Waals surface area (Å²) in [7, 11) is 0. The number of amides is 1. The maximum Gasteiger partial charge on any atom is 0.254 e. The lowest BCUT2D eigenvalue weighted by Crippen LogP contribution is -2.65. The van der Waals surface area contributed by atoms with Gasteiger partial charge in [-0.05, 0) is 25.5 Å². The van der Waals surface area contributed by atoms with Crippen LogP contribution in [-0.2, 0) is 15.9 Å². The summed E-state index contributed by atoms with van der Waals surface area (Å²) in [6.07, 6.45) is 2.54. The molecule has 2 atom stereocenters. The van der Waals surface area contributed by atoms with Gasteiger partial charge in [0.25, 0.3) is 5.91 Å². The number of para-hydroxylation sites is 2. The lowest BCUT2D eigenvalue weighted by molar-refractivity contribution is -0.136. The Kier molecular flexibility index (Phi) is 4.50. The lowest BCUT2D eigenvalue weighted by atomic mass is 9.72. The van der Waals surface area contributed by atoms with E-state index in [4.69, 9.17) is 4.99 Å². The number of fused-ring (bicyclic) bond motifs is 5. The van der Waals surface area contributed by atoms with Crippen LogP contribution >= 0.6 is 0 Å². The van der Waals surface area contributed by atoms with E-state index < -0.39 is 11.1 Å². The number of amidine groups is 1. The van der Waals surface area contributed by atoms with E-state index in [2.05, 4.69) is 12.2 Å². The summed E-state index contributed by atoms with van der Waals surface area (Å²) in [5, 5.41) is 15.0. The van der Waals surface area contributed by atoms with Crippen molar-refractivity contribution in [1.82, 2.24) is 5.32 Å². The van der Waals surface area contributed by atoms with Crippen molar-refractivity contribution < 1.29 is 9.90 Å². The van der Waals surface area contributed by atoms with Gasteiger partial charge in [-0.3, -0.25) is 4.79 Å². The molecule has 2 aromatic carbocycles. The second kappa shape index (κ2) is 6.74. The molecule has 5 nitrogen and oxygen atoms in total. The van der Waals surface area contributed by atoms with E-state index in [0.29, 0.717) is 13.0 Å². The van der Waals surface area contributed by atoms with Gasteiger partial charge in [0.1, 0.15) is 11.4 Å². The number of hydrogen-bond donors (Lipinski definition) is 2. The molecule has 0 fully saturated rings. The Morgan fingerprint density at radius 1 is 1.11 bits per heavy atom. The van der Waals surface area contributed by atoms with Gasteiger partial charge >= 0.3 is 0 Å². The molecule has 2 aromatic rings. The van der Waals surface area contributed by atoms with Crippen LogP contribution in [0.1, 0.15) is 51.2 Å². The highest BCUT2D eigenvalue weighted by molar-refractivity contribution is 6.13. The number of hydrogen-bond acceptors (Lipinski definition) is 4. The van der Waals surface area contributed by atoms with Crippen molar-refractivity contribution in [3.63, 3.8) is 0 Å². The molecule has 2 aliphatic heterocycles. The number of carbonyl (C=O) groups is 1. The number of unbranched alkanes of at least 4 members (excludes halogenated alkanes) is 1. The highest BCUT2D eigenvalue weighted by Gasteiger charge is 2.67. The van der Waals surface area contributed by atoms with Crippen molar-refractivity contribution in [1.29, 1.82) is 0 Å². The molecule has 2 heterocycles. The molecule has 0 saturated heterocycles. The van der Waals surface area contributed by atoms with Crippen LogP contribution in [0.3, 0.4) is 0 Å². The highest BCUT2D eigenvalue weighted by atomic mass is 16.3. The monoisotopic (exact) mass is 377 g/mol. The number of carbonyl (C=O) groups excluding carboxylic acids is 1. The van der Waals surface area contributed by atoms with E-state index in [1.54, 1.807) is 6.92 Å². The fourth-order valence-corrected chi connectivity index (χ4v) is 4.64. The number of rotatable bonds is 5. The second-order valence-corrected chi connectivity index (χ2v) is 7.64. The zero-order valence-corrected chi connectivity index (χ0v) is 16.7. The van der Waals surface area contributed by atoms with Gasteiger partial charge in [-0.2, -0.15) is 0 Å². The largest absolute Gasteiger partial charge is 0.382 e. The van der Waals surface area contributed by atoms with E-state index in [1.807, 2.05) is 60.4 Å². The van der Waals surface area contributed by atoms with E-state index in [1.165, 1.54) is 0 Å². The van der Waals surface area contributed by atoms with Gasteiger partial charge in [-0.25, -0.2) is 4.99 Å². The highest BCUT2D eigenvalue weighted by Crippen LogP contribution is 2.59. The lowest BCUT2D eigenvalue weighted by Gasteiger charge is -2.48. The molecule has 4 rings (SSSR count). The van der Waals surface area contributed by atoms with Crippen LogP contribution in [-0.4, -0.2) is 23.4 Å². The maximum absolute atomic E-state index is 13.8. The Morgan fingerprint density at radius 3 is 2.50 bits per heavy atom. The molecular formula is C23H27N3O2. The van der Waals surface area contributed by atoms with Crippen LogP contribution in [0.25, 0.3) is 0 Å². The van der Waals surface area contributed by atoms with Crippen LogP contribution in [0.5, 0.6) is 0 Å². The Hall–Kier alpha value is -2.66. The Balaban J connectivity index is 2.01. The minimum absolute atomic E-state index is 0.185. The van der Waals surface area contributed by atoms with Crippen LogP contribution < -0.4 is 10.2 Å². The average Bonchev–Trinajstić information content (AvgIpc) is 2.93. The molecule has 0 saturated carbocycles. The minimum Gasteiger partial charge on any atom is -0.382 e. The summed E-state index contributed by atoms with van der Waals surface area (Å²) in [6, 6.07) is 15.4. The number of aliphatic imine (C=N–C) groups is 1. The summed E-state index contributed by atoms with van der Waals surface area (Å²) < 4.78 is 0. The van der Waals surface area contributed by atoms with Crippen LogP contribution in [0.4, 0.5) is 11.4 Å². The smallest absolute Gasteiger partial charge is 0.254 e. The Bertz CT molecular complexity index is 950. The standard InChI is InChI=1S/C23H27N3O2/c1-4-6-15-24-21(27)23-16-11-7-9-13-18(16)25-20(5-2)26(23)19-14-10-8-12-17(19)22(23,3)28/h7-14,28H,4-6,15H2,1-3H3,(H,24,27). The van der Waals surface area contributed by atoms with E-state index in [-0.39, 0.29) is 5.91 Å². The van der Waals surface area contributed by atoms with Crippen molar-refractivity contribution in [2.24, 2.45) is 4.99 Å². The molecule has 5 heteroatoms. The maximum atomic E-state index is 13.8. The molecule has 1 amide bonds. The molecule has 2 unspecified atom stereocenters. The first kappa shape index (κ1) is 18.7. The van der Waals surface area contributed by atoms with Gasteiger partial charge < -0.3 is 15.3 Å². The second-order valence-electron chi connectivity index (χ2n) is 7.64. The first-order valence-electron chi connectivity index (χ1n) is 10.1. The number of nitrogens with zero attached hydrogens (tertiary/aromatic N) is 2.